The van der Waals surface area contributed by atoms with Crippen LogP contribution in [0.1, 0.15) is 0 Å². The van der Waals surface area contributed by atoms with Gasteiger partial charge in [-0.2, -0.15) is 0 Å². The first kappa shape index (κ1) is 8.93. The minimum Gasteiger partial charge on any atom is -0.380 e. The van der Waals surface area contributed by atoms with Gasteiger partial charge in [-0.15, -0.1) is 0 Å². The summed E-state index contributed by atoms with van der Waals surface area (Å²) in [6, 6.07) is 0. The number of hydrogen-bond acceptors (Lipinski definition) is 3. The number of nitrogens with zero attached hydrogens (tertiary/aromatic N) is 1. The molecule has 1 heterocycles. The van der Waals surface area contributed by atoms with Crippen molar-refractivity contribution in [1.29, 1.82) is 0 Å². The van der Waals surface area contributed by atoms with E-state index in [9.17, 15) is 9.59 Å². The highest BCUT2D eigenvalue weighted by Gasteiger charge is 2.22. The third-order valence-corrected chi connectivity index (χ3v) is 1.50. The molecule has 1 rings (SSSR count). The van der Waals surface area contributed by atoms with E-state index >= 15 is 0 Å². The molecule has 1 aliphatic rings. The molecule has 0 saturated heterocycles. The number of amides is 2. The van der Waals surface area contributed by atoms with Crippen LogP contribution in [-0.4, -0.2) is 36.5 Å². The molecule has 1 aliphatic heterocycles. The molecule has 0 aromatic carbocycles. The molecule has 4 nitrogen and oxygen atoms in total. The average Bonchev–Trinajstić information content (AvgIpc) is 2.35. The lowest BCUT2D eigenvalue weighted by molar-refractivity contribution is -0.137. The van der Waals surface area contributed by atoms with Crippen molar-refractivity contribution in [2.24, 2.45) is 0 Å². The van der Waals surface area contributed by atoms with E-state index in [1.807, 2.05) is 0 Å². The van der Waals surface area contributed by atoms with E-state index in [-0.39, 0.29) is 11.8 Å². The lowest BCUT2D eigenvalue weighted by Crippen LogP contribution is -2.33. The zero-order valence-corrected chi connectivity index (χ0v) is 6.66. The van der Waals surface area contributed by atoms with Crippen molar-refractivity contribution in [3.63, 3.8) is 0 Å². The molecule has 0 aromatic rings. The van der Waals surface area contributed by atoms with Gasteiger partial charge in [0.05, 0.1) is 13.2 Å². The third-order valence-electron chi connectivity index (χ3n) is 1.50. The summed E-state index contributed by atoms with van der Waals surface area (Å²) in [4.78, 5) is 23.0. The van der Waals surface area contributed by atoms with Crippen molar-refractivity contribution in [1.82, 2.24) is 4.90 Å². The summed E-state index contributed by atoms with van der Waals surface area (Å²) in [5.74, 6) is -0.541. The standard InChI is InChI=1S/C8H10NO3/c1-2-12-6-5-9-7(10)3-4-8(9)11/h3-4H,1-2,5-6H2. The fourth-order valence-corrected chi connectivity index (χ4v) is 0.909. The van der Waals surface area contributed by atoms with Gasteiger partial charge in [0.1, 0.15) is 0 Å². The highest BCUT2D eigenvalue weighted by atomic mass is 16.5. The van der Waals surface area contributed by atoms with E-state index in [1.54, 1.807) is 0 Å². The summed E-state index contributed by atoms with van der Waals surface area (Å²) >= 11 is 0. The number of hydrogen-bond donors (Lipinski definition) is 0. The van der Waals surface area contributed by atoms with Gasteiger partial charge in [0.15, 0.2) is 0 Å². The maximum absolute atomic E-state index is 10.9. The average molecular weight is 168 g/mol. The minimum atomic E-state index is -0.271. The number of ether oxygens (including phenoxy) is 1. The summed E-state index contributed by atoms with van der Waals surface area (Å²) in [6.07, 6.45) is 2.51. The molecule has 4 heteroatoms. The molecule has 0 spiro atoms. The van der Waals surface area contributed by atoms with Crippen LogP contribution in [0.5, 0.6) is 0 Å². The summed E-state index contributed by atoms with van der Waals surface area (Å²) in [5.41, 5.74) is 0. The van der Waals surface area contributed by atoms with Gasteiger partial charge in [0.2, 0.25) is 0 Å². The summed E-state index contributed by atoms with van der Waals surface area (Å²) in [7, 11) is 0. The smallest absolute Gasteiger partial charge is 0.253 e. The summed E-state index contributed by atoms with van der Waals surface area (Å²) in [6.45, 7) is 4.47. The molecule has 0 N–H and O–H groups in total. The van der Waals surface area contributed by atoms with Crippen molar-refractivity contribution in [2.45, 2.75) is 0 Å². The van der Waals surface area contributed by atoms with Gasteiger partial charge < -0.3 is 4.74 Å². The lowest BCUT2D eigenvalue weighted by atomic mass is 10.5. The first-order valence-corrected chi connectivity index (χ1v) is 3.66. The first-order valence-electron chi connectivity index (χ1n) is 3.66. The van der Waals surface area contributed by atoms with E-state index in [4.69, 9.17) is 4.74 Å². The third kappa shape index (κ3) is 1.92. The zero-order chi connectivity index (χ0) is 8.97. The first-order chi connectivity index (χ1) is 5.75. The second-order valence-electron chi connectivity index (χ2n) is 2.27. The Balaban J connectivity index is 2.33. The Hall–Kier alpha value is -1.16. The molecular formula is C8H10NO3. The fourth-order valence-electron chi connectivity index (χ4n) is 0.909. The Morgan fingerprint density at radius 1 is 1.33 bits per heavy atom. The van der Waals surface area contributed by atoms with Gasteiger partial charge in [-0.3, -0.25) is 14.5 Å². The fraction of sp³-hybridized carbons (Fsp3) is 0.375. The van der Waals surface area contributed by atoms with Crippen LogP contribution >= 0.6 is 0 Å². The van der Waals surface area contributed by atoms with Crippen LogP contribution in [0.3, 0.4) is 0 Å². The number of carbonyl (C=O) groups excluding carboxylic acids is 2. The van der Waals surface area contributed by atoms with Crippen LogP contribution in [0.15, 0.2) is 12.2 Å². The Kier molecular flexibility index (Phi) is 2.99. The zero-order valence-electron chi connectivity index (χ0n) is 6.66. The molecule has 0 aliphatic carbocycles. The van der Waals surface area contributed by atoms with Crippen molar-refractivity contribution >= 4 is 11.8 Å². The minimum absolute atomic E-state index is 0.271. The second-order valence-corrected chi connectivity index (χ2v) is 2.27. The second kappa shape index (κ2) is 4.01. The van der Waals surface area contributed by atoms with Crippen LogP contribution in [0.4, 0.5) is 0 Å². The van der Waals surface area contributed by atoms with Gasteiger partial charge in [0.25, 0.3) is 11.8 Å². The molecule has 65 valence electrons. The van der Waals surface area contributed by atoms with Gasteiger partial charge >= 0.3 is 0 Å². The molecule has 0 atom stereocenters. The van der Waals surface area contributed by atoms with Crippen LogP contribution in [-0.2, 0) is 14.3 Å². The van der Waals surface area contributed by atoms with Crippen LogP contribution < -0.4 is 0 Å². The molecule has 12 heavy (non-hydrogen) atoms. The molecule has 0 fully saturated rings. The maximum atomic E-state index is 10.9. The van der Waals surface area contributed by atoms with E-state index in [0.29, 0.717) is 19.8 Å². The highest BCUT2D eigenvalue weighted by Crippen LogP contribution is 2.02. The molecule has 1 radical (unpaired) electrons. The van der Waals surface area contributed by atoms with E-state index in [0.717, 1.165) is 4.90 Å². The Bertz CT molecular complexity index is 204. The lowest BCUT2D eigenvalue weighted by Gasteiger charge is -2.12. The van der Waals surface area contributed by atoms with Crippen molar-refractivity contribution in [3.05, 3.63) is 19.1 Å². The number of imide groups is 1. The normalized spacial score (nSPS) is 16.2. The van der Waals surface area contributed by atoms with Crippen LogP contribution in [0.2, 0.25) is 0 Å². The maximum Gasteiger partial charge on any atom is 0.253 e. The van der Waals surface area contributed by atoms with Gasteiger partial charge in [-0.1, -0.05) is 0 Å². The molecule has 0 unspecified atom stereocenters. The molecular weight excluding hydrogens is 158 g/mol. The summed E-state index contributed by atoms with van der Waals surface area (Å²) in [5, 5.41) is 0. The number of rotatable bonds is 4. The van der Waals surface area contributed by atoms with E-state index < -0.39 is 0 Å². The van der Waals surface area contributed by atoms with Gasteiger partial charge in [-0.05, 0) is 6.92 Å². The summed E-state index contributed by atoms with van der Waals surface area (Å²) < 4.78 is 4.91. The predicted octanol–water partition coefficient (Wildman–Crippen LogP) is -0.238. The van der Waals surface area contributed by atoms with E-state index in [1.165, 1.54) is 12.2 Å². The van der Waals surface area contributed by atoms with Crippen LogP contribution in [0, 0.1) is 6.92 Å². The van der Waals surface area contributed by atoms with Gasteiger partial charge in [-0.25, -0.2) is 0 Å². The van der Waals surface area contributed by atoms with Crippen molar-refractivity contribution < 1.29 is 14.3 Å². The quantitative estimate of drug-likeness (QED) is 0.430. The number of carbonyl (C=O) groups is 2. The molecule has 0 aromatic heterocycles. The Labute approximate surface area is 70.8 Å². The van der Waals surface area contributed by atoms with E-state index in [2.05, 4.69) is 6.92 Å². The molecule has 2 amide bonds. The monoisotopic (exact) mass is 168 g/mol. The van der Waals surface area contributed by atoms with Crippen molar-refractivity contribution in [2.75, 3.05) is 19.8 Å². The largest absolute Gasteiger partial charge is 0.380 e. The molecule has 0 saturated carbocycles. The molecule has 0 bridgehead atoms. The highest BCUT2D eigenvalue weighted by molar-refractivity contribution is 6.12. The van der Waals surface area contributed by atoms with Crippen LogP contribution in [0.25, 0.3) is 0 Å². The predicted molar refractivity (Wildman–Crippen MR) is 42.0 cm³/mol. The SMILES string of the molecule is [CH2]COCCN1C(=O)C=CC1=O. The van der Waals surface area contributed by atoms with Gasteiger partial charge in [0, 0.05) is 18.8 Å². The Morgan fingerprint density at radius 2 is 1.92 bits per heavy atom. The topological polar surface area (TPSA) is 46.6 Å². The van der Waals surface area contributed by atoms with Crippen molar-refractivity contribution in [3.8, 4) is 0 Å². The Morgan fingerprint density at radius 3 is 2.42 bits per heavy atom.